The van der Waals surface area contributed by atoms with E-state index in [2.05, 4.69) is 9.99 Å². The van der Waals surface area contributed by atoms with Crippen molar-refractivity contribution in [3.63, 3.8) is 0 Å². The van der Waals surface area contributed by atoms with Gasteiger partial charge in [-0.15, -0.1) is 0 Å². The van der Waals surface area contributed by atoms with Gasteiger partial charge in [0.2, 0.25) is 0 Å². The summed E-state index contributed by atoms with van der Waals surface area (Å²) in [5, 5.41) is 11.4. The van der Waals surface area contributed by atoms with Crippen LogP contribution in [0.15, 0.2) is 5.16 Å². The first-order valence-electron chi connectivity index (χ1n) is 1.93. The molecule has 0 saturated heterocycles. The minimum absolute atomic E-state index is 0.107. The molecule has 8 heavy (non-hydrogen) atoms. The van der Waals surface area contributed by atoms with E-state index in [-0.39, 0.29) is 11.6 Å². The second kappa shape index (κ2) is 4.41. The number of hydrogen-bond acceptors (Lipinski definition) is 3. The van der Waals surface area contributed by atoms with E-state index >= 15 is 0 Å². The average Bonchev–Trinajstić information content (AvgIpc) is 1.68. The summed E-state index contributed by atoms with van der Waals surface area (Å²) in [6.07, 6.45) is 0.107. The average molecular weight is 133 g/mol. The predicted molar refractivity (Wildman–Crippen MR) is 30.5 cm³/mol. The summed E-state index contributed by atoms with van der Waals surface area (Å²) >= 11 is 5.28. The van der Waals surface area contributed by atoms with Gasteiger partial charge in [-0.2, -0.15) is 5.26 Å². The van der Waals surface area contributed by atoms with E-state index in [9.17, 15) is 0 Å². The molecule has 0 aromatic carbocycles. The highest BCUT2D eigenvalue weighted by Crippen LogP contribution is 1.90. The van der Waals surface area contributed by atoms with Gasteiger partial charge in [0.1, 0.15) is 7.11 Å². The minimum atomic E-state index is 0.107. The normalized spacial score (nSPS) is 10.4. The molecular weight excluding hydrogens is 128 g/mol. The summed E-state index contributed by atoms with van der Waals surface area (Å²) in [4.78, 5) is 4.26. The fourth-order valence-electron chi connectivity index (χ4n) is 0.197. The topological polar surface area (TPSA) is 45.4 Å². The summed E-state index contributed by atoms with van der Waals surface area (Å²) < 4.78 is 0. The third-order valence-corrected chi connectivity index (χ3v) is 0.618. The molecule has 44 valence electrons. The molecule has 0 spiro atoms. The van der Waals surface area contributed by atoms with Crippen molar-refractivity contribution in [2.45, 2.75) is 6.42 Å². The third kappa shape index (κ3) is 3.44. The lowest BCUT2D eigenvalue weighted by Crippen LogP contribution is -1.83. The summed E-state index contributed by atoms with van der Waals surface area (Å²) in [5.74, 6) is 0. The van der Waals surface area contributed by atoms with Crippen molar-refractivity contribution in [3.05, 3.63) is 0 Å². The molecule has 0 bridgehead atoms. The number of oxime groups is 1. The maximum absolute atomic E-state index is 7.99. The predicted octanol–water partition coefficient (Wildman–Crippen LogP) is 1.10. The van der Waals surface area contributed by atoms with Gasteiger partial charge in [0.15, 0.2) is 5.17 Å². The summed E-state index contributed by atoms with van der Waals surface area (Å²) in [6.45, 7) is 0. The Hall–Kier alpha value is -0.750. The first-order chi connectivity index (χ1) is 3.81. The molecule has 0 unspecified atom stereocenters. The Bertz CT molecular complexity index is 126. The molecule has 0 aromatic heterocycles. The van der Waals surface area contributed by atoms with Gasteiger partial charge < -0.3 is 4.84 Å². The first-order valence-corrected chi connectivity index (χ1v) is 2.31. The van der Waals surface area contributed by atoms with Crippen LogP contribution in [0.3, 0.4) is 0 Å². The fraction of sp³-hybridized carbons (Fsp3) is 0.500. The van der Waals surface area contributed by atoms with Gasteiger partial charge >= 0.3 is 0 Å². The zero-order valence-electron chi connectivity index (χ0n) is 4.39. The van der Waals surface area contributed by atoms with Crippen LogP contribution in [0, 0.1) is 11.3 Å². The summed E-state index contributed by atoms with van der Waals surface area (Å²) in [7, 11) is 1.37. The molecule has 0 amide bonds. The van der Waals surface area contributed by atoms with Crippen LogP contribution in [-0.4, -0.2) is 12.3 Å². The molecular formula is C4H5ClN2O. The van der Waals surface area contributed by atoms with Gasteiger partial charge in [-0.1, -0.05) is 16.8 Å². The number of nitrogens with zero attached hydrogens (tertiary/aromatic N) is 2. The van der Waals surface area contributed by atoms with E-state index in [1.165, 1.54) is 7.11 Å². The van der Waals surface area contributed by atoms with E-state index in [0.29, 0.717) is 0 Å². The van der Waals surface area contributed by atoms with Crippen molar-refractivity contribution in [3.8, 4) is 6.07 Å². The Balaban J connectivity index is 3.49. The zero-order chi connectivity index (χ0) is 6.41. The Labute approximate surface area is 52.5 Å². The molecule has 3 nitrogen and oxygen atoms in total. The van der Waals surface area contributed by atoms with Gasteiger partial charge in [-0.3, -0.25) is 0 Å². The number of hydrogen-bond donors (Lipinski definition) is 0. The van der Waals surface area contributed by atoms with Crippen LogP contribution in [0.2, 0.25) is 0 Å². The van der Waals surface area contributed by atoms with Crippen LogP contribution >= 0.6 is 11.6 Å². The maximum atomic E-state index is 7.99. The lowest BCUT2D eigenvalue weighted by molar-refractivity contribution is 0.214. The van der Waals surface area contributed by atoms with Gasteiger partial charge in [0.05, 0.1) is 12.5 Å². The molecule has 0 aromatic rings. The highest BCUT2D eigenvalue weighted by atomic mass is 35.5. The first kappa shape index (κ1) is 7.25. The molecule has 0 saturated carbocycles. The van der Waals surface area contributed by atoms with E-state index < -0.39 is 0 Å². The molecule has 0 N–H and O–H groups in total. The van der Waals surface area contributed by atoms with Crippen LogP contribution in [0.1, 0.15) is 6.42 Å². The fourth-order valence-corrected chi connectivity index (χ4v) is 0.325. The monoisotopic (exact) mass is 132 g/mol. The van der Waals surface area contributed by atoms with Gasteiger partial charge in [-0.25, -0.2) is 0 Å². The second-order valence-corrected chi connectivity index (χ2v) is 1.42. The SMILES string of the molecule is CON=C(Cl)CC#N. The van der Waals surface area contributed by atoms with Crippen LogP contribution in [0.4, 0.5) is 0 Å². The van der Waals surface area contributed by atoms with Crippen molar-refractivity contribution < 1.29 is 4.84 Å². The lowest BCUT2D eigenvalue weighted by atomic mass is 10.5. The smallest absolute Gasteiger partial charge is 0.159 e. The van der Waals surface area contributed by atoms with Crippen molar-refractivity contribution >= 4 is 16.8 Å². The Morgan fingerprint density at radius 1 is 2.00 bits per heavy atom. The highest BCUT2D eigenvalue weighted by molar-refractivity contribution is 6.65. The molecule has 0 fully saturated rings. The van der Waals surface area contributed by atoms with Crippen LogP contribution in [-0.2, 0) is 4.84 Å². The van der Waals surface area contributed by atoms with Crippen molar-refractivity contribution in [1.82, 2.24) is 0 Å². The molecule has 0 heterocycles. The van der Waals surface area contributed by atoms with E-state index in [0.717, 1.165) is 0 Å². The largest absolute Gasteiger partial charge is 0.398 e. The van der Waals surface area contributed by atoms with Gasteiger partial charge in [0, 0.05) is 0 Å². The molecule has 4 heteroatoms. The van der Waals surface area contributed by atoms with Crippen LogP contribution in [0.5, 0.6) is 0 Å². The number of halogens is 1. The minimum Gasteiger partial charge on any atom is -0.398 e. The molecule has 0 aliphatic rings. The maximum Gasteiger partial charge on any atom is 0.159 e. The Morgan fingerprint density at radius 2 is 2.62 bits per heavy atom. The molecule has 0 rings (SSSR count). The molecule has 0 aliphatic heterocycles. The quantitative estimate of drug-likeness (QED) is 0.417. The summed E-state index contributed by atoms with van der Waals surface area (Å²) in [6, 6.07) is 1.81. The van der Waals surface area contributed by atoms with Crippen molar-refractivity contribution in [2.75, 3.05) is 7.11 Å². The van der Waals surface area contributed by atoms with Crippen LogP contribution < -0.4 is 0 Å². The highest BCUT2D eigenvalue weighted by Gasteiger charge is 1.88. The number of nitriles is 1. The van der Waals surface area contributed by atoms with Crippen molar-refractivity contribution in [2.24, 2.45) is 5.16 Å². The molecule has 0 aliphatic carbocycles. The molecule has 0 radical (unpaired) electrons. The Kier molecular flexibility index (Phi) is 4.00. The zero-order valence-corrected chi connectivity index (χ0v) is 5.14. The Morgan fingerprint density at radius 3 is 3.00 bits per heavy atom. The van der Waals surface area contributed by atoms with E-state index in [4.69, 9.17) is 16.9 Å². The van der Waals surface area contributed by atoms with Gasteiger partial charge in [-0.05, 0) is 0 Å². The number of rotatable bonds is 2. The van der Waals surface area contributed by atoms with E-state index in [1.807, 2.05) is 6.07 Å². The third-order valence-electron chi connectivity index (χ3n) is 0.415. The molecule has 0 atom stereocenters. The second-order valence-electron chi connectivity index (χ2n) is 0.985. The van der Waals surface area contributed by atoms with Crippen molar-refractivity contribution in [1.29, 1.82) is 5.26 Å². The summed E-state index contributed by atoms with van der Waals surface area (Å²) in [5.41, 5.74) is 0. The van der Waals surface area contributed by atoms with Crippen LogP contribution in [0.25, 0.3) is 0 Å². The standard InChI is InChI=1S/C4H5ClN2O/c1-8-7-4(5)2-3-6/h2H2,1H3. The van der Waals surface area contributed by atoms with E-state index in [1.54, 1.807) is 0 Å². The van der Waals surface area contributed by atoms with Gasteiger partial charge in [0.25, 0.3) is 0 Å². The lowest BCUT2D eigenvalue weighted by Gasteiger charge is -1.85.